The lowest BCUT2D eigenvalue weighted by Gasteiger charge is -2.13. The summed E-state index contributed by atoms with van der Waals surface area (Å²) in [4.78, 5) is 34.9. The molecule has 1 aromatic rings. The minimum atomic E-state index is -0.632. The SMILES string of the molecule is O=C(COC(=O)CCc1ccccc1)NC(=O)NCCC1=CCCCC1. The van der Waals surface area contributed by atoms with Crippen LogP contribution in [0.5, 0.6) is 0 Å². The van der Waals surface area contributed by atoms with Crippen molar-refractivity contribution in [3.05, 3.63) is 47.5 Å². The number of carbonyl (C=O) groups is 3. The average Bonchev–Trinajstić information content (AvgIpc) is 2.66. The Kier molecular flexibility index (Phi) is 8.39. The Morgan fingerprint density at radius 3 is 2.58 bits per heavy atom. The van der Waals surface area contributed by atoms with E-state index in [1.165, 1.54) is 18.4 Å². The number of allylic oxidation sites excluding steroid dienone is 1. The molecule has 6 nitrogen and oxygen atoms in total. The molecule has 26 heavy (non-hydrogen) atoms. The first-order chi connectivity index (χ1) is 12.6. The van der Waals surface area contributed by atoms with Gasteiger partial charge in [0.2, 0.25) is 0 Å². The first kappa shape index (κ1) is 19.7. The Morgan fingerprint density at radius 2 is 1.85 bits per heavy atom. The van der Waals surface area contributed by atoms with E-state index in [1.807, 2.05) is 30.3 Å². The number of ether oxygens (including phenoxy) is 1. The maximum absolute atomic E-state index is 11.6. The van der Waals surface area contributed by atoms with Gasteiger partial charge in [-0.05, 0) is 44.1 Å². The number of benzene rings is 1. The Bertz CT molecular complexity index is 640. The van der Waals surface area contributed by atoms with Gasteiger partial charge in [0.15, 0.2) is 6.61 Å². The highest BCUT2D eigenvalue weighted by atomic mass is 16.5. The predicted octanol–water partition coefficient (Wildman–Crippen LogP) is 2.88. The van der Waals surface area contributed by atoms with Gasteiger partial charge in [-0.1, -0.05) is 42.0 Å². The molecule has 0 atom stereocenters. The first-order valence-electron chi connectivity index (χ1n) is 9.08. The third kappa shape index (κ3) is 7.96. The Labute approximate surface area is 154 Å². The van der Waals surface area contributed by atoms with E-state index >= 15 is 0 Å². The standard InChI is InChI=1S/C20H26N2O4/c23-18(15-26-19(24)12-11-16-7-3-1-4-8-16)22-20(25)21-14-13-17-9-5-2-6-10-17/h1,3-4,7-9H,2,5-6,10-15H2,(H2,21,22,23,25). The summed E-state index contributed by atoms with van der Waals surface area (Å²) in [5.74, 6) is -1.10. The van der Waals surface area contributed by atoms with E-state index in [-0.39, 0.29) is 6.42 Å². The van der Waals surface area contributed by atoms with Crippen molar-refractivity contribution >= 4 is 17.9 Å². The molecule has 3 amide bonds. The van der Waals surface area contributed by atoms with E-state index in [2.05, 4.69) is 16.7 Å². The number of aryl methyl sites for hydroxylation is 1. The van der Waals surface area contributed by atoms with Crippen molar-refractivity contribution in [1.29, 1.82) is 0 Å². The number of imide groups is 1. The normalized spacial score (nSPS) is 13.5. The van der Waals surface area contributed by atoms with E-state index < -0.39 is 24.5 Å². The van der Waals surface area contributed by atoms with Gasteiger partial charge >= 0.3 is 12.0 Å². The summed E-state index contributed by atoms with van der Waals surface area (Å²) in [6, 6.07) is 8.99. The Morgan fingerprint density at radius 1 is 1.04 bits per heavy atom. The van der Waals surface area contributed by atoms with Crippen molar-refractivity contribution in [1.82, 2.24) is 10.6 Å². The summed E-state index contributed by atoms with van der Waals surface area (Å²) in [6.45, 7) is 0.0357. The number of nitrogens with one attached hydrogen (secondary N) is 2. The first-order valence-corrected chi connectivity index (χ1v) is 9.08. The number of amides is 3. The molecule has 0 heterocycles. The van der Waals surface area contributed by atoms with Gasteiger partial charge in [0, 0.05) is 13.0 Å². The van der Waals surface area contributed by atoms with Crippen LogP contribution in [0.25, 0.3) is 0 Å². The molecule has 0 aliphatic heterocycles. The molecule has 0 spiro atoms. The molecule has 1 aliphatic carbocycles. The zero-order valence-corrected chi connectivity index (χ0v) is 15.0. The van der Waals surface area contributed by atoms with E-state index in [0.717, 1.165) is 24.8 Å². The lowest BCUT2D eigenvalue weighted by Crippen LogP contribution is -2.41. The van der Waals surface area contributed by atoms with Gasteiger partial charge < -0.3 is 10.1 Å². The lowest BCUT2D eigenvalue weighted by atomic mass is 9.97. The number of esters is 1. The number of rotatable bonds is 8. The summed E-state index contributed by atoms with van der Waals surface area (Å²) >= 11 is 0. The highest BCUT2D eigenvalue weighted by Crippen LogP contribution is 2.19. The maximum atomic E-state index is 11.6. The van der Waals surface area contributed by atoms with Gasteiger partial charge in [0.05, 0.1) is 0 Å². The van der Waals surface area contributed by atoms with Crippen molar-refractivity contribution in [2.45, 2.75) is 44.9 Å². The fourth-order valence-electron chi connectivity index (χ4n) is 2.78. The van der Waals surface area contributed by atoms with Crippen LogP contribution in [0.2, 0.25) is 0 Å². The van der Waals surface area contributed by atoms with Crippen molar-refractivity contribution in [3.8, 4) is 0 Å². The minimum absolute atomic E-state index is 0.193. The molecule has 0 fully saturated rings. The van der Waals surface area contributed by atoms with Gasteiger partial charge in [-0.25, -0.2) is 4.79 Å². The second kappa shape index (κ2) is 11.1. The molecule has 1 aliphatic rings. The maximum Gasteiger partial charge on any atom is 0.321 e. The number of hydrogen-bond acceptors (Lipinski definition) is 4. The van der Waals surface area contributed by atoms with Crippen LogP contribution in [0.1, 0.15) is 44.1 Å². The number of hydrogen-bond donors (Lipinski definition) is 2. The van der Waals surface area contributed by atoms with E-state index in [1.54, 1.807) is 0 Å². The minimum Gasteiger partial charge on any atom is -0.456 e. The molecule has 2 rings (SSSR count). The van der Waals surface area contributed by atoms with Gasteiger partial charge in [-0.15, -0.1) is 0 Å². The van der Waals surface area contributed by atoms with Crippen LogP contribution in [0.15, 0.2) is 42.0 Å². The van der Waals surface area contributed by atoms with Crippen LogP contribution < -0.4 is 10.6 Å². The molecule has 0 radical (unpaired) electrons. The van der Waals surface area contributed by atoms with Crippen LogP contribution in [0.4, 0.5) is 4.79 Å². The molecule has 6 heteroatoms. The third-order valence-corrected chi connectivity index (χ3v) is 4.19. The third-order valence-electron chi connectivity index (χ3n) is 4.19. The summed E-state index contributed by atoms with van der Waals surface area (Å²) in [6.07, 6.45) is 8.40. The zero-order chi connectivity index (χ0) is 18.6. The highest BCUT2D eigenvalue weighted by molar-refractivity contribution is 5.95. The molecule has 2 N–H and O–H groups in total. The molecule has 0 saturated heterocycles. The van der Waals surface area contributed by atoms with Crippen LogP contribution in [-0.4, -0.2) is 31.1 Å². The van der Waals surface area contributed by atoms with Crippen molar-refractivity contribution in [2.24, 2.45) is 0 Å². The molecule has 1 aromatic carbocycles. The summed E-state index contributed by atoms with van der Waals surface area (Å²) in [7, 11) is 0. The summed E-state index contributed by atoms with van der Waals surface area (Å²) in [5, 5.41) is 4.80. The van der Waals surface area contributed by atoms with E-state index in [4.69, 9.17) is 4.74 Å². The Balaban J connectivity index is 1.55. The largest absolute Gasteiger partial charge is 0.456 e. The van der Waals surface area contributed by atoms with E-state index in [9.17, 15) is 14.4 Å². The fraction of sp³-hybridized carbons (Fsp3) is 0.450. The molecule has 0 saturated carbocycles. The van der Waals surface area contributed by atoms with Crippen molar-refractivity contribution < 1.29 is 19.1 Å². The van der Waals surface area contributed by atoms with Crippen molar-refractivity contribution in [3.63, 3.8) is 0 Å². The fourth-order valence-corrected chi connectivity index (χ4v) is 2.78. The molecule has 140 valence electrons. The quantitative estimate of drug-likeness (QED) is 0.553. The lowest BCUT2D eigenvalue weighted by molar-refractivity contribution is -0.148. The predicted molar refractivity (Wildman–Crippen MR) is 98.4 cm³/mol. The van der Waals surface area contributed by atoms with Gasteiger partial charge in [0.1, 0.15) is 0 Å². The topological polar surface area (TPSA) is 84.5 Å². The monoisotopic (exact) mass is 358 g/mol. The molecule has 0 bridgehead atoms. The van der Waals surface area contributed by atoms with Gasteiger partial charge in [-0.3, -0.25) is 14.9 Å². The Hall–Kier alpha value is -2.63. The van der Waals surface area contributed by atoms with Crippen LogP contribution in [0.3, 0.4) is 0 Å². The van der Waals surface area contributed by atoms with E-state index in [0.29, 0.717) is 13.0 Å². The van der Waals surface area contributed by atoms with Gasteiger partial charge in [-0.2, -0.15) is 0 Å². The second-order valence-corrected chi connectivity index (χ2v) is 6.31. The summed E-state index contributed by atoms with van der Waals surface area (Å²) < 4.78 is 4.89. The summed E-state index contributed by atoms with van der Waals surface area (Å²) in [5.41, 5.74) is 2.39. The van der Waals surface area contributed by atoms with Gasteiger partial charge in [0.25, 0.3) is 5.91 Å². The highest BCUT2D eigenvalue weighted by Gasteiger charge is 2.11. The smallest absolute Gasteiger partial charge is 0.321 e. The molecule has 0 aromatic heterocycles. The van der Waals surface area contributed by atoms with Crippen LogP contribution in [-0.2, 0) is 20.7 Å². The molecular weight excluding hydrogens is 332 g/mol. The number of urea groups is 1. The van der Waals surface area contributed by atoms with Crippen LogP contribution in [0, 0.1) is 0 Å². The zero-order valence-electron chi connectivity index (χ0n) is 15.0. The van der Waals surface area contributed by atoms with Crippen molar-refractivity contribution in [2.75, 3.05) is 13.2 Å². The van der Waals surface area contributed by atoms with Crippen LogP contribution >= 0.6 is 0 Å². The second-order valence-electron chi connectivity index (χ2n) is 6.31. The molecule has 0 unspecified atom stereocenters. The number of carbonyl (C=O) groups excluding carboxylic acids is 3. The average molecular weight is 358 g/mol. The molecular formula is C20H26N2O4.